The summed E-state index contributed by atoms with van der Waals surface area (Å²) in [5.74, 6) is 0.573. The molecule has 0 N–H and O–H groups in total. The average Bonchev–Trinajstić information content (AvgIpc) is 2.34. The predicted octanol–water partition coefficient (Wildman–Crippen LogP) is 3.99. The molecule has 0 radical (unpaired) electrons. The van der Waals surface area contributed by atoms with Gasteiger partial charge in [0.15, 0.2) is 0 Å². The summed E-state index contributed by atoms with van der Waals surface area (Å²) in [6.07, 6.45) is 1.74. The topological polar surface area (TPSA) is 31.2 Å². The third kappa shape index (κ3) is 3.78. The molecule has 5 heteroatoms. The van der Waals surface area contributed by atoms with Crippen LogP contribution >= 0.6 is 23.2 Å². The van der Waals surface area contributed by atoms with Gasteiger partial charge in [0.1, 0.15) is 5.75 Å². The molecule has 0 amide bonds. The SMILES string of the molecule is CC(C)Oc1ccn(Cc2ccc(Cl)cc2Cl)c(=O)c1. The molecular formula is C15H15Cl2NO2. The van der Waals surface area contributed by atoms with Crippen LogP contribution in [0.4, 0.5) is 0 Å². The lowest BCUT2D eigenvalue weighted by atomic mass is 10.2. The quantitative estimate of drug-likeness (QED) is 0.855. The summed E-state index contributed by atoms with van der Waals surface area (Å²) >= 11 is 12.0. The fourth-order valence-electron chi connectivity index (χ4n) is 1.80. The molecule has 106 valence electrons. The standard InChI is InChI=1S/C15H15Cl2NO2/c1-10(2)20-13-5-6-18(15(19)8-13)9-11-3-4-12(16)7-14(11)17/h3-8,10H,9H2,1-2H3. The van der Waals surface area contributed by atoms with E-state index >= 15 is 0 Å². The van der Waals surface area contributed by atoms with Crippen LogP contribution in [-0.2, 0) is 6.54 Å². The van der Waals surface area contributed by atoms with Crippen LogP contribution in [-0.4, -0.2) is 10.7 Å². The van der Waals surface area contributed by atoms with E-state index in [4.69, 9.17) is 27.9 Å². The van der Waals surface area contributed by atoms with E-state index in [-0.39, 0.29) is 11.7 Å². The Labute approximate surface area is 127 Å². The highest BCUT2D eigenvalue weighted by Crippen LogP contribution is 2.21. The molecule has 2 aromatic rings. The predicted molar refractivity (Wildman–Crippen MR) is 82.0 cm³/mol. The molecule has 1 heterocycles. The molecular weight excluding hydrogens is 297 g/mol. The van der Waals surface area contributed by atoms with Crippen molar-refractivity contribution in [1.82, 2.24) is 4.57 Å². The zero-order valence-electron chi connectivity index (χ0n) is 11.3. The summed E-state index contributed by atoms with van der Waals surface area (Å²) in [4.78, 5) is 12.0. The lowest BCUT2D eigenvalue weighted by molar-refractivity contribution is 0.241. The van der Waals surface area contributed by atoms with E-state index in [0.717, 1.165) is 5.56 Å². The van der Waals surface area contributed by atoms with Crippen LogP contribution in [0.25, 0.3) is 0 Å². The highest BCUT2D eigenvalue weighted by Gasteiger charge is 2.05. The number of pyridine rings is 1. The molecule has 0 saturated heterocycles. The van der Waals surface area contributed by atoms with Crippen molar-refractivity contribution in [2.75, 3.05) is 0 Å². The maximum absolute atomic E-state index is 12.0. The minimum absolute atomic E-state index is 0.0379. The van der Waals surface area contributed by atoms with Crippen LogP contribution in [0.3, 0.4) is 0 Å². The number of halogens is 2. The molecule has 1 aromatic carbocycles. The number of benzene rings is 1. The second-order valence-electron chi connectivity index (χ2n) is 4.73. The number of aromatic nitrogens is 1. The van der Waals surface area contributed by atoms with Crippen LogP contribution in [0.1, 0.15) is 19.4 Å². The van der Waals surface area contributed by atoms with Crippen LogP contribution in [0.15, 0.2) is 41.3 Å². The lowest BCUT2D eigenvalue weighted by Crippen LogP contribution is -2.20. The van der Waals surface area contributed by atoms with Gasteiger partial charge in [-0.15, -0.1) is 0 Å². The molecule has 0 aliphatic rings. The number of ether oxygens (including phenoxy) is 1. The summed E-state index contributed by atoms with van der Waals surface area (Å²) in [5, 5.41) is 1.12. The van der Waals surface area contributed by atoms with E-state index in [1.54, 1.807) is 29.0 Å². The maximum Gasteiger partial charge on any atom is 0.254 e. The molecule has 0 bridgehead atoms. The fraction of sp³-hybridized carbons (Fsp3) is 0.267. The molecule has 0 aliphatic heterocycles. The van der Waals surface area contributed by atoms with Crippen LogP contribution in [0.5, 0.6) is 5.75 Å². The van der Waals surface area contributed by atoms with Gasteiger partial charge in [0, 0.05) is 22.3 Å². The van der Waals surface area contributed by atoms with E-state index in [9.17, 15) is 4.79 Å². The van der Waals surface area contributed by atoms with E-state index in [0.29, 0.717) is 22.3 Å². The zero-order valence-corrected chi connectivity index (χ0v) is 12.8. The highest BCUT2D eigenvalue weighted by molar-refractivity contribution is 6.35. The van der Waals surface area contributed by atoms with Crippen molar-refractivity contribution in [3.63, 3.8) is 0 Å². The van der Waals surface area contributed by atoms with Crippen LogP contribution < -0.4 is 10.3 Å². The largest absolute Gasteiger partial charge is 0.491 e. The lowest BCUT2D eigenvalue weighted by Gasteiger charge is -2.11. The Morgan fingerprint density at radius 1 is 1.20 bits per heavy atom. The van der Waals surface area contributed by atoms with E-state index in [1.807, 2.05) is 19.9 Å². The van der Waals surface area contributed by atoms with Crippen molar-refractivity contribution in [1.29, 1.82) is 0 Å². The Morgan fingerprint density at radius 2 is 1.95 bits per heavy atom. The Morgan fingerprint density at radius 3 is 2.55 bits per heavy atom. The Balaban J connectivity index is 2.23. The Hall–Kier alpha value is -1.45. The fourth-order valence-corrected chi connectivity index (χ4v) is 2.27. The zero-order chi connectivity index (χ0) is 14.7. The molecule has 0 atom stereocenters. The summed E-state index contributed by atoms with van der Waals surface area (Å²) < 4.78 is 7.05. The minimum Gasteiger partial charge on any atom is -0.491 e. The number of hydrogen-bond donors (Lipinski definition) is 0. The van der Waals surface area contributed by atoms with Gasteiger partial charge < -0.3 is 9.30 Å². The first-order valence-corrected chi connectivity index (χ1v) is 7.02. The van der Waals surface area contributed by atoms with Gasteiger partial charge in [-0.25, -0.2) is 0 Å². The molecule has 1 aromatic heterocycles. The van der Waals surface area contributed by atoms with Gasteiger partial charge in [-0.05, 0) is 37.6 Å². The number of nitrogens with zero attached hydrogens (tertiary/aromatic N) is 1. The first-order valence-electron chi connectivity index (χ1n) is 6.27. The van der Waals surface area contributed by atoms with Crippen molar-refractivity contribution in [3.05, 3.63) is 62.5 Å². The van der Waals surface area contributed by atoms with Crippen LogP contribution in [0, 0.1) is 0 Å². The maximum atomic E-state index is 12.0. The third-order valence-corrected chi connectivity index (χ3v) is 3.28. The Kier molecular flexibility index (Phi) is 4.73. The number of rotatable bonds is 4. The summed E-state index contributed by atoms with van der Waals surface area (Å²) in [5.41, 5.74) is 0.713. The van der Waals surface area contributed by atoms with Gasteiger partial charge in [0.25, 0.3) is 5.56 Å². The third-order valence-electron chi connectivity index (χ3n) is 2.70. The molecule has 2 rings (SSSR count). The van der Waals surface area contributed by atoms with Crippen molar-refractivity contribution in [3.8, 4) is 5.75 Å². The van der Waals surface area contributed by atoms with E-state index in [1.165, 1.54) is 6.07 Å². The smallest absolute Gasteiger partial charge is 0.254 e. The van der Waals surface area contributed by atoms with E-state index < -0.39 is 0 Å². The summed E-state index contributed by atoms with van der Waals surface area (Å²) in [7, 11) is 0. The summed E-state index contributed by atoms with van der Waals surface area (Å²) in [6, 6.07) is 8.48. The Bertz CT molecular complexity index is 665. The molecule has 0 unspecified atom stereocenters. The van der Waals surface area contributed by atoms with Crippen molar-refractivity contribution >= 4 is 23.2 Å². The van der Waals surface area contributed by atoms with Crippen LogP contribution in [0.2, 0.25) is 10.0 Å². The normalized spacial score (nSPS) is 10.8. The molecule has 0 saturated carbocycles. The first kappa shape index (κ1) is 14.9. The highest BCUT2D eigenvalue weighted by atomic mass is 35.5. The molecule has 0 aliphatic carbocycles. The van der Waals surface area contributed by atoms with Gasteiger partial charge in [0.05, 0.1) is 12.6 Å². The van der Waals surface area contributed by atoms with Gasteiger partial charge in [-0.1, -0.05) is 29.3 Å². The van der Waals surface area contributed by atoms with Crippen molar-refractivity contribution in [2.24, 2.45) is 0 Å². The molecule has 20 heavy (non-hydrogen) atoms. The molecule has 3 nitrogen and oxygen atoms in total. The number of hydrogen-bond acceptors (Lipinski definition) is 2. The van der Waals surface area contributed by atoms with Gasteiger partial charge in [-0.3, -0.25) is 4.79 Å². The molecule has 0 spiro atoms. The second kappa shape index (κ2) is 6.33. The van der Waals surface area contributed by atoms with E-state index in [2.05, 4.69) is 0 Å². The minimum atomic E-state index is -0.130. The second-order valence-corrected chi connectivity index (χ2v) is 5.57. The van der Waals surface area contributed by atoms with Gasteiger partial charge in [-0.2, -0.15) is 0 Å². The summed E-state index contributed by atoms with van der Waals surface area (Å²) in [6.45, 7) is 4.23. The molecule has 0 fully saturated rings. The monoisotopic (exact) mass is 311 g/mol. The van der Waals surface area contributed by atoms with Gasteiger partial charge in [0.2, 0.25) is 0 Å². The van der Waals surface area contributed by atoms with Crippen molar-refractivity contribution in [2.45, 2.75) is 26.5 Å². The van der Waals surface area contributed by atoms with Crippen molar-refractivity contribution < 1.29 is 4.74 Å². The van der Waals surface area contributed by atoms with Gasteiger partial charge >= 0.3 is 0 Å². The first-order chi connectivity index (χ1) is 9.45. The average molecular weight is 312 g/mol.